The van der Waals surface area contributed by atoms with Gasteiger partial charge in [0.05, 0.1) is 27.9 Å². The Labute approximate surface area is 262 Å². The zero-order chi connectivity index (χ0) is 33.1. The van der Waals surface area contributed by atoms with Crippen LogP contribution in [-0.4, -0.2) is 72.8 Å². The third-order valence-corrected chi connectivity index (χ3v) is 9.67. The van der Waals surface area contributed by atoms with Crippen molar-refractivity contribution in [1.29, 1.82) is 5.26 Å². The minimum absolute atomic E-state index is 0.0507. The number of anilines is 2. The standard InChI is InChI=1S/C30H27F6N7O2S/c1-39-20(44)12-42(2)27-16-8-18(30(34,35)36)22(15-4-5-19(32)25-21(15)17(10-37)26(38)46-25)23(33)24(16)40-28(41-27)45-13-29-6-3-7-43(29)11-14(31)9-29/h4-5,8,14H,3,6-7,9,11-13,38H2,1-2H3,(H,39,44)/t14-,29+/m1/s1. The van der Waals surface area contributed by atoms with Crippen LogP contribution >= 0.6 is 11.3 Å². The molecule has 0 unspecified atom stereocenters. The van der Waals surface area contributed by atoms with Crippen molar-refractivity contribution in [2.24, 2.45) is 0 Å². The van der Waals surface area contributed by atoms with Crippen molar-refractivity contribution in [2.75, 3.05) is 51.0 Å². The predicted molar refractivity (Wildman–Crippen MR) is 160 cm³/mol. The minimum atomic E-state index is -5.14. The molecule has 9 nitrogen and oxygen atoms in total. The van der Waals surface area contributed by atoms with E-state index < -0.39 is 57.6 Å². The van der Waals surface area contributed by atoms with Gasteiger partial charge in [-0.25, -0.2) is 13.2 Å². The van der Waals surface area contributed by atoms with Crippen LogP contribution in [0.2, 0.25) is 0 Å². The molecule has 1 amide bonds. The molecule has 2 atom stereocenters. The van der Waals surface area contributed by atoms with E-state index in [0.29, 0.717) is 30.4 Å². The summed E-state index contributed by atoms with van der Waals surface area (Å²) in [6.45, 7) is 0.506. The number of nitrogen functional groups attached to an aromatic ring is 1. The van der Waals surface area contributed by atoms with Crippen molar-refractivity contribution >= 4 is 49.1 Å². The van der Waals surface area contributed by atoms with Crippen molar-refractivity contribution in [3.63, 3.8) is 0 Å². The summed E-state index contributed by atoms with van der Waals surface area (Å²) in [5.74, 6) is -3.00. The first-order chi connectivity index (χ1) is 21.8. The highest BCUT2D eigenvalue weighted by Gasteiger charge is 2.49. The van der Waals surface area contributed by atoms with E-state index in [1.54, 1.807) is 6.07 Å². The first-order valence-corrected chi connectivity index (χ1v) is 15.1. The molecule has 0 spiro atoms. The summed E-state index contributed by atoms with van der Waals surface area (Å²) < 4.78 is 95.8. The van der Waals surface area contributed by atoms with Crippen LogP contribution in [0.15, 0.2) is 18.2 Å². The van der Waals surface area contributed by atoms with Gasteiger partial charge in [-0.1, -0.05) is 6.07 Å². The molecule has 4 heterocycles. The van der Waals surface area contributed by atoms with Crippen molar-refractivity contribution in [3.8, 4) is 23.2 Å². The molecule has 0 saturated carbocycles. The van der Waals surface area contributed by atoms with Crippen molar-refractivity contribution < 1.29 is 35.9 Å². The number of fused-ring (bicyclic) bond motifs is 3. The lowest BCUT2D eigenvalue weighted by Gasteiger charge is -2.31. The maximum atomic E-state index is 16.8. The summed E-state index contributed by atoms with van der Waals surface area (Å²) in [5, 5.41) is 11.4. The maximum absolute atomic E-state index is 16.8. The molecule has 2 aromatic carbocycles. The molecule has 0 aliphatic carbocycles. The van der Waals surface area contributed by atoms with Crippen molar-refractivity contribution in [2.45, 2.75) is 37.1 Å². The van der Waals surface area contributed by atoms with Crippen LogP contribution in [0.25, 0.3) is 32.1 Å². The summed E-state index contributed by atoms with van der Waals surface area (Å²) in [4.78, 5) is 23.9. The number of amides is 1. The van der Waals surface area contributed by atoms with Crippen LogP contribution < -0.4 is 20.7 Å². The normalized spacial score (nSPS) is 19.8. The van der Waals surface area contributed by atoms with Crippen LogP contribution in [0.4, 0.5) is 37.2 Å². The number of nitrogens with one attached hydrogen (secondary N) is 1. The van der Waals surface area contributed by atoms with Gasteiger partial charge < -0.3 is 20.7 Å². The third-order valence-electron chi connectivity index (χ3n) is 8.65. The van der Waals surface area contributed by atoms with E-state index in [1.807, 2.05) is 4.90 Å². The number of nitrogens with two attached hydrogens (primary N) is 1. The van der Waals surface area contributed by atoms with Gasteiger partial charge in [0.25, 0.3) is 0 Å². The molecular formula is C30H27F6N7O2S. The van der Waals surface area contributed by atoms with Gasteiger partial charge >= 0.3 is 12.2 Å². The molecule has 242 valence electrons. The second kappa shape index (κ2) is 11.5. The number of benzene rings is 2. The largest absolute Gasteiger partial charge is 0.461 e. The van der Waals surface area contributed by atoms with Crippen LogP contribution in [0.1, 0.15) is 30.4 Å². The number of nitrogens with zero attached hydrogens (tertiary/aromatic N) is 5. The zero-order valence-electron chi connectivity index (χ0n) is 24.6. The van der Waals surface area contributed by atoms with Gasteiger partial charge in [0.1, 0.15) is 41.0 Å². The molecule has 16 heteroatoms. The second-order valence-corrected chi connectivity index (χ2v) is 12.5. The van der Waals surface area contributed by atoms with Gasteiger partial charge in [0.15, 0.2) is 5.82 Å². The second-order valence-electron chi connectivity index (χ2n) is 11.5. The van der Waals surface area contributed by atoms with E-state index >= 15 is 4.39 Å². The number of ether oxygens (including phenoxy) is 1. The molecular weight excluding hydrogens is 636 g/mol. The number of hydrogen-bond donors (Lipinski definition) is 2. The number of aromatic nitrogens is 2. The Balaban J connectivity index is 1.59. The minimum Gasteiger partial charge on any atom is -0.461 e. The molecule has 6 rings (SSSR count). The van der Waals surface area contributed by atoms with Crippen LogP contribution in [0.5, 0.6) is 6.01 Å². The van der Waals surface area contributed by atoms with Gasteiger partial charge in [-0.3, -0.25) is 9.69 Å². The average Bonchev–Trinajstić information content (AvgIpc) is 3.65. The number of rotatable bonds is 7. The molecule has 3 N–H and O–H groups in total. The summed E-state index contributed by atoms with van der Waals surface area (Å²) >= 11 is 0.660. The first-order valence-electron chi connectivity index (χ1n) is 14.2. The maximum Gasteiger partial charge on any atom is 0.417 e. The van der Waals surface area contributed by atoms with E-state index in [0.717, 1.165) is 18.6 Å². The third kappa shape index (κ3) is 5.20. The van der Waals surface area contributed by atoms with Crippen LogP contribution in [0, 0.1) is 23.0 Å². The average molecular weight is 664 g/mol. The Kier molecular flexibility index (Phi) is 7.88. The number of likely N-dealkylation sites (N-methyl/N-ethyl adjacent to an activating group) is 2. The Morgan fingerprint density at radius 1 is 1.33 bits per heavy atom. The molecule has 0 radical (unpaired) electrons. The zero-order valence-corrected chi connectivity index (χ0v) is 25.4. The number of nitriles is 1. The SMILES string of the molecule is CNC(=O)CN(C)c1nc(OC[C@@]23CCCN2C[C@H](F)C3)nc2c(F)c(-c3ccc(F)c4sc(N)c(C#N)c34)c(C(F)(F)F)cc12. The number of alkyl halides is 4. The molecule has 46 heavy (non-hydrogen) atoms. The van der Waals surface area contributed by atoms with Crippen LogP contribution in [0.3, 0.4) is 0 Å². The fourth-order valence-electron chi connectivity index (χ4n) is 6.56. The van der Waals surface area contributed by atoms with E-state index in [-0.39, 0.29) is 64.0 Å². The molecule has 2 aliphatic rings. The summed E-state index contributed by atoms with van der Waals surface area (Å²) in [5.41, 5.74) is 1.59. The lowest BCUT2D eigenvalue weighted by molar-refractivity contribution is -0.137. The molecule has 2 aromatic heterocycles. The first kappa shape index (κ1) is 31.6. The summed E-state index contributed by atoms with van der Waals surface area (Å²) in [7, 11) is 2.76. The number of halogens is 6. The van der Waals surface area contributed by atoms with Gasteiger partial charge in [0.2, 0.25) is 5.91 Å². The highest BCUT2D eigenvalue weighted by molar-refractivity contribution is 7.23. The fraction of sp³-hybridized carbons (Fsp3) is 0.400. The van der Waals surface area contributed by atoms with Gasteiger partial charge in [-0.15, -0.1) is 11.3 Å². The Morgan fingerprint density at radius 3 is 2.78 bits per heavy atom. The summed E-state index contributed by atoms with van der Waals surface area (Å²) in [6, 6.07) is 3.89. The van der Waals surface area contributed by atoms with Gasteiger partial charge in [-0.05, 0) is 37.1 Å². The molecule has 2 aliphatic heterocycles. The summed E-state index contributed by atoms with van der Waals surface area (Å²) in [6.07, 6.45) is -4.53. The van der Waals surface area contributed by atoms with Crippen LogP contribution in [-0.2, 0) is 11.0 Å². The number of carbonyl (C=O) groups excluding carboxylic acids is 1. The molecule has 2 fully saturated rings. The molecule has 4 aromatic rings. The highest BCUT2D eigenvalue weighted by Crippen LogP contribution is 2.48. The van der Waals surface area contributed by atoms with Crippen molar-refractivity contribution in [1.82, 2.24) is 20.2 Å². The fourth-order valence-corrected chi connectivity index (χ4v) is 7.51. The lowest BCUT2D eigenvalue weighted by Crippen LogP contribution is -2.43. The highest BCUT2D eigenvalue weighted by atomic mass is 32.1. The Bertz CT molecular complexity index is 1930. The topological polar surface area (TPSA) is 120 Å². The van der Waals surface area contributed by atoms with Gasteiger partial charge in [-0.2, -0.15) is 28.4 Å². The van der Waals surface area contributed by atoms with E-state index in [2.05, 4.69) is 15.3 Å². The molecule has 0 bridgehead atoms. The number of hydrogen-bond acceptors (Lipinski definition) is 9. The van der Waals surface area contributed by atoms with E-state index in [4.69, 9.17) is 10.5 Å². The molecule has 2 saturated heterocycles. The van der Waals surface area contributed by atoms with E-state index in [1.165, 1.54) is 19.0 Å². The number of carbonyl (C=O) groups is 1. The Hall–Kier alpha value is -4.36. The quantitative estimate of drug-likeness (QED) is 0.253. The Morgan fingerprint density at radius 2 is 2.09 bits per heavy atom. The lowest BCUT2D eigenvalue weighted by atomic mass is 9.92. The van der Waals surface area contributed by atoms with Crippen molar-refractivity contribution in [3.05, 3.63) is 41.0 Å². The number of thiophene rings is 1. The van der Waals surface area contributed by atoms with E-state index in [9.17, 15) is 32.0 Å². The predicted octanol–water partition coefficient (Wildman–Crippen LogP) is 5.40. The van der Waals surface area contributed by atoms with Gasteiger partial charge in [0, 0.05) is 43.4 Å². The smallest absolute Gasteiger partial charge is 0.417 e. The monoisotopic (exact) mass is 663 g/mol.